The Morgan fingerprint density at radius 3 is 1.59 bits per heavy atom. The summed E-state index contributed by atoms with van der Waals surface area (Å²) in [5.41, 5.74) is 18.5. The van der Waals surface area contributed by atoms with Crippen molar-refractivity contribution in [2.24, 2.45) is 5.92 Å². The molecular weight excluding hydrogens is 791 g/mol. The first kappa shape index (κ1) is 41.7. The van der Waals surface area contributed by atoms with Gasteiger partial charge in [0.15, 0.2) is 0 Å². The third kappa shape index (κ3) is 7.58. The van der Waals surface area contributed by atoms with E-state index in [2.05, 4.69) is 141 Å². The molecule has 4 aromatic rings. The second kappa shape index (κ2) is 16.1. The molecule has 4 aliphatic carbocycles. The van der Waals surface area contributed by atoms with Crippen molar-refractivity contribution in [1.29, 1.82) is 0 Å². The molecular formula is C50H64Cl2SiZr. The normalized spacial score (nSPS) is 20.6. The van der Waals surface area contributed by atoms with E-state index in [-0.39, 0.29) is 30.2 Å². The molecule has 2 unspecified atom stereocenters. The fraction of sp³-hybridized carbons (Fsp3) is 0.440. The first-order valence-electron chi connectivity index (χ1n) is 20.9. The molecule has 2 fully saturated rings. The van der Waals surface area contributed by atoms with Crippen LogP contribution < -0.4 is 0 Å². The summed E-state index contributed by atoms with van der Waals surface area (Å²) in [7, 11) is 0. The van der Waals surface area contributed by atoms with Crippen LogP contribution in [-0.2, 0) is 22.8 Å². The number of allylic oxidation sites excluding steroid dienone is 2. The van der Waals surface area contributed by atoms with Gasteiger partial charge in [0.2, 0.25) is 0 Å². The third-order valence-corrected chi connectivity index (χ3v) is 31.4. The first-order valence-corrected chi connectivity index (χ1v) is 34.6. The van der Waals surface area contributed by atoms with Crippen molar-refractivity contribution in [3.05, 3.63) is 129 Å². The standard InChI is InChI=1S/C25H29.C23H25.2CH3.2ClH.H2Si.Zr/c1-25(2,3)22-14-12-19(13-15-22)23-11-7-10-20-16-21(17-24(20)23)18-8-5-4-6-9-18;1-2-17-15-21-9-6-10-22(23(21)16-17)20-13-11-19(12-14-20)18-7-4-3-5-8-18;;;;;;/h7,10-18H,4-6,8-9H2,1-3H3;6,9-16,18H,2-5,7-8H2,1H3;2*1H3;2*1H;1H2;. The van der Waals surface area contributed by atoms with Crippen LogP contribution in [0.25, 0.3) is 34.4 Å². The first-order chi connectivity index (χ1) is 24.9. The van der Waals surface area contributed by atoms with E-state index in [0.29, 0.717) is 13.2 Å². The van der Waals surface area contributed by atoms with Gasteiger partial charge in [-0.05, 0) is 0 Å². The van der Waals surface area contributed by atoms with Crippen LogP contribution in [0, 0.1) is 5.92 Å². The molecule has 0 nitrogen and oxygen atoms in total. The molecule has 4 heteroatoms. The summed E-state index contributed by atoms with van der Waals surface area (Å²) in [6.45, 7) is 11.9. The zero-order valence-electron chi connectivity index (χ0n) is 33.8. The fourth-order valence-electron chi connectivity index (χ4n) is 11.4. The quantitative estimate of drug-likeness (QED) is 0.163. The number of fused-ring (bicyclic) bond motifs is 2. The second-order valence-corrected chi connectivity index (χ2v) is 49.7. The molecule has 2 saturated carbocycles. The Labute approximate surface area is 342 Å². The van der Waals surface area contributed by atoms with E-state index in [1.165, 1.54) is 103 Å². The molecule has 2 atom stereocenters. The molecule has 0 bridgehead atoms. The van der Waals surface area contributed by atoms with E-state index in [9.17, 15) is 0 Å². The van der Waals surface area contributed by atoms with Crippen LogP contribution >= 0.6 is 24.8 Å². The Kier molecular flexibility index (Phi) is 12.4. The minimum absolute atomic E-state index is 0. The van der Waals surface area contributed by atoms with Crippen molar-refractivity contribution >= 4 is 43.8 Å². The predicted molar refractivity (Wildman–Crippen MR) is 241 cm³/mol. The van der Waals surface area contributed by atoms with Crippen molar-refractivity contribution in [2.45, 2.75) is 126 Å². The van der Waals surface area contributed by atoms with E-state index in [1.54, 1.807) is 27.8 Å². The number of hydrogen-bond donors (Lipinski definition) is 0. The molecule has 8 rings (SSSR count). The maximum atomic E-state index is 2.86. The van der Waals surface area contributed by atoms with Crippen molar-refractivity contribution in [1.82, 2.24) is 0 Å². The monoisotopic (exact) mass is 852 g/mol. The molecule has 0 amide bonds. The Morgan fingerprint density at radius 1 is 0.593 bits per heavy atom. The van der Waals surface area contributed by atoms with Crippen molar-refractivity contribution in [3.8, 4) is 22.3 Å². The van der Waals surface area contributed by atoms with Gasteiger partial charge in [0.1, 0.15) is 0 Å². The predicted octanol–water partition coefficient (Wildman–Crippen LogP) is 15.1. The maximum Gasteiger partial charge on any atom is -0.147 e. The number of halogens is 2. The Balaban J connectivity index is 0.00000249. The summed E-state index contributed by atoms with van der Waals surface area (Å²) in [4.78, 5) is 0. The maximum absolute atomic E-state index is 3.75. The third-order valence-electron chi connectivity index (χ3n) is 14.0. The Morgan fingerprint density at radius 2 is 1.07 bits per heavy atom. The summed E-state index contributed by atoms with van der Waals surface area (Å²) in [6.07, 6.45) is 20.3. The average molecular weight is 855 g/mol. The van der Waals surface area contributed by atoms with Crippen LogP contribution in [0.15, 0.2) is 96.1 Å². The van der Waals surface area contributed by atoms with E-state index in [0.717, 1.165) is 12.3 Å². The largest absolute Gasteiger partial charge is 0.147 e. The van der Waals surface area contributed by atoms with E-state index >= 15 is 0 Å². The molecule has 0 N–H and O–H groups in total. The molecule has 4 aliphatic rings. The number of hydrogen-bond acceptors (Lipinski definition) is 0. The van der Waals surface area contributed by atoms with Gasteiger partial charge < -0.3 is 0 Å². The molecule has 0 aromatic heterocycles. The SMILES string of the molecule is CCC1=Cc2c(-c3ccc(C4CCCCC4)cc3)cccc2[CH]1[Zr]([CH3])([CH3])(=[SiH2])[CH]1C(C2CCCCC2)=Cc2c(-c3ccc(C(C)(C)C)cc3)cccc21.Cl.Cl. The van der Waals surface area contributed by atoms with Crippen molar-refractivity contribution in [2.75, 3.05) is 0 Å². The summed E-state index contributed by atoms with van der Waals surface area (Å²) in [5, 5.41) is 0. The zero-order valence-corrected chi connectivity index (χ0v) is 39.4. The van der Waals surface area contributed by atoms with Gasteiger partial charge >= 0.3 is 320 Å². The summed E-state index contributed by atoms with van der Waals surface area (Å²) < 4.78 is 6.83. The molecule has 0 heterocycles. The summed E-state index contributed by atoms with van der Waals surface area (Å²) >= 11 is -3.75. The van der Waals surface area contributed by atoms with Gasteiger partial charge in [0, 0.05) is 0 Å². The van der Waals surface area contributed by atoms with E-state index in [1.807, 2.05) is 0 Å². The molecule has 54 heavy (non-hydrogen) atoms. The minimum Gasteiger partial charge on any atom is -0.147 e. The second-order valence-electron chi connectivity index (χ2n) is 19.3. The van der Waals surface area contributed by atoms with Crippen LogP contribution in [0.5, 0.6) is 0 Å². The van der Waals surface area contributed by atoms with Gasteiger partial charge in [-0.1, -0.05) is 0 Å². The average Bonchev–Trinajstić information content (AvgIpc) is 3.76. The van der Waals surface area contributed by atoms with Gasteiger partial charge in [0.05, 0.1) is 0 Å². The van der Waals surface area contributed by atoms with Crippen LogP contribution in [0.2, 0.25) is 9.26 Å². The van der Waals surface area contributed by atoms with Gasteiger partial charge in [-0.15, -0.1) is 24.8 Å². The van der Waals surface area contributed by atoms with E-state index in [4.69, 9.17) is 0 Å². The molecule has 286 valence electrons. The number of benzene rings is 4. The molecule has 0 saturated heterocycles. The minimum atomic E-state index is -3.75. The zero-order chi connectivity index (χ0) is 36.3. The van der Waals surface area contributed by atoms with Crippen LogP contribution in [-0.4, -0.2) is 6.88 Å². The van der Waals surface area contributed by atoms with Crippen LogP contribution in [0.4, 0.5) is 0 Å². The van der Waals surface area contributed by atoms with Gasteiger partial charge in [-0.25, -0.2) is 0 Å². The van der Waals surface area contributed by atoms with Gasteiger partial charge in [-0.2, -0.15) is 0 Å². The molecule has 0 aliphatic heterocycles. The van der Waals surface area contributed by atoms with E-state index < -0.39 is 17.4 Å². The topological polar surface area (TPSA) is 0 Å². The fourth-order valence-corrected chi connectivity index (χ4v) is 31.2. The van der Waals surface area contributed by atoms with Crippen molar-refractivity contribution < 1.29 is 17.4 Å². The smallest absolute Gasteiger partial charge is 0.147 e. The summed E-state index contributed by atoms with van der Waals surface area (Å²) in [5.74, 6) is 1.46. The molecule has 4 aromatic carbocycles. The molecule has 0 radical (unpaired) electrons. The van der Waals surface area contributed by atoms with Crippen molar-refractivity contribution in [3.63, 3.8) is 0 Å². The summed E-state index contributed by atoms with van der Waals surface area (Å²) in [6, 6.07) is 34.0. The Bertz CT molecular complexity index is 2100. The van der Waals surface area contributed by atoms with Crippen LogP contribution in [0.1, 0.15) is 145 Å². The number of rotatable bonds is 7. The van der Waals surface area contributed by atoms with Gasteiger partial charge in [-0.3, -0.25) is 0 Å². The molecule has 0 spiro atoms. The Hall–Kier alpha value is -1.96. The van der Waals surface area contributed by atoms with Gasteiger partial charge in [0.25, 0.3) is 0 Å². The van der Waals surface area contributed by atoms with Crippen LogP contribution in [0.3, 0.4) is 0 Å².